The van der Waals surface area contributed by atoms with Crippen molar-refractivity contribution in [2.24, 2.45) is 0 Å². The van der Waals surface area contributed by atoms with E-state index in [1.807, 2.05) is 30.3 Å². The van der Waals surface area contributed by atoms with Crippen molar-refractivity contribution >= 4 is 22.9 Å². The largest absolute Gasteiger partial charge is 0.478 e. The number of para-hydroxylation sites is 1. The molecule has 0 saturated carbocycles. The number of unbranched alkanes of at least 4 members (excludes halogenated alkanes) is 1. The standard InChI is InChI=1S/C26H26F2N2O2/c1-3-4-7-12-30-16(2)13-19-18-8-5-6-9-22(18)29-25(19)26(30)24-20(27)14-17(15-21(24)28)10-11-23(31)32/h3,5-6,8-11,14-16,26,29H,1,4,7,12-13H2,2H3,(H,31,32)/b11-10+. The minimum atomic E-state index is -1.17. The van der Waals surface area contributed by atoms with Gasteiger partial charge in [-0.3, -0.25) is 4.90 Å². The molecule has 0 spiro atoms. The molecule has 0 saturated heterocycles. The average molecular weight is 437 g/mol. The molecule has 166 valence electrons. The van der Waals surface area contributed by atoms with E-state index in [1.54, 1.807) is 0 Å². The summed E-state index contributed by atoms with van der Waals surface area (Å²) in [4.78, 5) is 16.4. The number of carbonyl (C=O) groups is 1. The lowest BCUT2D eigenvalue weighted by Crippen LogP contribution is -2.43. The van der Waals surface area contributed by atoms with Gasteiger partial charge in [0.1, 0.15) is 11.6 Å². The third kappa shape index (κ3) is 4.10. The summed E-state index contributed by atoms with van der Waals surface area (Å²) in [6.45, 7) is 6.54. The highest BCUT2D eigenvalue weighted by Gasteiger charge is 2.38. The van der Waals surface area contributed by atoms with E-state index in [0.29, 0.717) is 6.54 Å². The van der Waals surface area contributed by atoms with E-state index in [2.05, 4.69) is 23.4 Å². The van der Waals surface area contributed by atoms with Crippen molar-refractivity contribution in [2.45, 2.75) is 38.3 Å². The maximum atomic E-state index is 15.4. The van der Waals surface area contributed by atoms with Crippen molar-refractivity contribution in [3.63, 3.8) is 0 Å². The van der Waals surface area contributed by atoms with Gasteiger partial charge in [0.25, 0.3) is 0 Å². The highest BCUT2D eigenvalue weighted by molar-refractivity contribution is 5.86. The van der Waals surface area contributed by atoms with Crippen LogP contribution in [0.15, 0.2) is 55.1 Å². The number of benzene rings is 2. The third-order valence-corrected chi connectivity index (χ3v) is 6.14. The fourth-order valence-corrected chi connectivity index (χ4v) is 4.71. The lowest BCUT2D eigenvalue weighted by Gasteiger charge is -2.41. The monoisotopic (exact) mass is 436 g/mol. The van der Waals surface area contributed by atoms with Crippen LogP contribution in [0.3, 0.4) is 0 Å². The van der Waals surface area contributed by atoms with Crippen molar-refractivity contribution in [1.29, 1.82) is 0 Å². The van der Waals surface area contributed by atoms with Crippen molar-refractivity contribution in [1.82, 2.24) is 9.88 Å². The first kappa shape index (κ1) is 22.0. The van der Waals surface area contributed by atoms with Crippen molar-refractivity contribution in [3.05, 3.63) is 89.1 Å². The zero-order chi connectivity index (χ0) is 22.8. The summed E-state index contributed by atoms with van der Waals surface area (Å²) in [7, 11) is 0. The lowest BCUT2D eigenvalue weighted by molar-refractivity contribution is -0.131. The summed E-state index contributed by atoms with van der Waals surface area (Å²) in [5.74, 6) is -2.55. The molecule has 6 heteroatoms. The molecule has 2 atom stereocenters. The minimum Gasteiger partial charge on any atom is -0.478 e. The van der Waals surface area contributed by atoms with Gasteiger partial charge in [0.05, 0.1) is 6.04 Å². The number of hydrogen-bond acceptors (Lipinski definition) is 2. The zero-order valence-electron chi connectivity index (χ0n) is 17.9. The summed E-state index contributed by atoms with van der Waals surface area (Å²) < 4.78 is 30.8. The van der Waals surface area contributed by atoms with Crippen LogP contribution in [0.1, 0.15) is 48.2 Å². The Bertz CT molecular complexity index is 1170. The van der Waals surface area contributed by atoms with Gasteiger partial charge < -0.3 is 10.1 Å². The Morgan fingerprint density at radius 3 is 2.69 bits per heavy atom. The molecule has 1 aromatic heterocycles. The molecule has 32 heavy (non-hydrogen) atoms. The van der Waals surface area contributed by atoms with E-state index < -0.39 is 23.6 Å². The Labute approximate surface area is 185 Å². The maximum Gasteiger partial charge on any atom is 0.328 e. The number of carboxylic acid groups (broad SMARTS) is 1. The van der Waals surface area contributed by atoms with Gasteiger partial charge in [-0.05, 0) is 68.1 Å². The predicted molar refractivity (Wildman–Crippen MR) is 122 cm³/mol. The first-order valence-corrected chi connectivity index (χ1v) is 10.8. The second-order valence-corrected chi connectivity index (χ2v) is 8.26. The van der Waals surface area contributed by atoms with E-state index in [4.69, 9.17) is 5.11 Å². The van der Waals surface area contributed by atoms with E-state index in [0.717, 1.165) is 47.5 Å². The summed E-state index contributed by atoms with van der Waals surface area (Å²) in [6.07, 6.45) is 6.35. The number of aliphatic carboxylic acids is 1. The van der Waals surface area contributed by atoms with Crippen molar-refractivity contribution < 1.29 is 18.7 Å². The van der Waals surface area contributed by atoms with Gasteiger partial charge in [0.2, 0.25) is 0 Å². The number of rotatable bonds is 7. The maximum absolute atomic E-state index is 15.4. The molecule has 0 amide bonds. The number of aromatic amines is 1. The number of allylic oxidation sites excluding steroid dienone is 1. The van der Waals surface area contributed by atoms with E-state index in [9.17, 15) is 4.79 Å². The summed E-state index contributed by atoms with van der Waals surface area (Å²) in [5, 5.41) is 9.90. The van der Waals surface area contributed by atoms with Crippen LogP contribution in [0.4, 0.5) is 8.78 Å². The second-order valence-electron chi connectivity index (χ2n) is 8.26. The molecule has 2 N–H and O–H groups in total. The lowest BCUT2D eigenvalue weighted by atomic mass is 9.87. The molecule has 2 unspecified atom stereocenters. The first-order chi connectivity index (χ1) is 15.4. The molecule has 1 aliphatic heterocycles. The summed E-state index contributed by atoms with van der Waals surface area (Å²) in [5.41, 5.74) is 3.01. The van der Waals surface area contributed by atoms with Gasteiger partial charge >= 0.3 is 5.97 Å². The number of carboxylic acids is 1. The Kier molecular flexibility index (Phi) is 6.24. The Morgan fingerprint density at radius 2 is 2.00 bits per heavy atom. The number of aromatic nitrogens is 1. The Hall–Kier alpha value is -3.25. The molecular weight excluding hydrogens is 410 g/mol. The summed E-state index contributed by atoms with van der Waals surface area (Å²) >= 11 is 0. The molecular formula is C26H26F2N2O2. The summed E-state index contributed by atoms with van der Waals surface area (Å²) in [6, 6.07) is 9.79. The quantitative estimate of drug-likeness (QED) is 0.278. The van der Waals surface area contributed by atoms with E-state index in [-0.39, 0.29) is 17.2 Å². The number of fused-ring (bicyclic) bond motifs is 3. The fourth-order valence-electron chi connectivity index (χ4n) is 4.71. The number of halogens is 2. The van der Waals surface area contributed by atoms with Crippen LogP contribution < -0.4 is 0 Å². The highest BCUT2D eigenvalue weighted by Crippen LogP contribution is 2.42. The number of hydrogen-bond donors (Lipinski definition) is 2. The zero-order valence-corrected chi connectivity index (χ0v) is 17.9. The number of H-pyrrole nitrogens is 1. The Balaban J connectivity index is 1.86. The Morgan fingerprint density at radius 1 is 1.28 bits per heavy atom. The van der Waals surface area contributed by atoms with Crippen LogP contribution in [-0.2, 0) is 11.2 Å². The van der Waals surface area contributed by atoms with Gasteiger partial charge in [-0.1, -0.05) is 24.3 Å². The molecule has 4 rings (SSSR count). The molecule has 0 fully saturated rings. The van der Waals surface area contributed by atoms with Gasteiger partial charge in [-0.15, -0.1) is 6.58 Å². The smallest absolute Gasteiger partial charge is 0.328 e. The van der Waals surface area contributed by atoms with Crippen LogP contribution in [0.5, 0.6) is 0 Å². The van der Waals surface area contributed by atoms with Gasteiger partial charge in [0.15, 0.2) is 0 Å². The van der Waals surface area contributed by atoms with E-state index >= 15 is 8.78 Å². The number of nitrogens with zero attached hydrogens (tertiary/aromatic N) is 1. The predicted octanol–water partition coefficient (Wildman–Crippen LogP) is 5.85. The SMILES string of the molecule is C=CCCCN1C(C)Cc2c([nH]c3ccccc23)C1c1c(F)cc(/C=C/C(=O)O)cc1F. The number of nitrogens with one attached hydrogen (secondary N) is 1. The molecule has 2 heterocycles. The topological polar surface area (TPSA) is 56.3 Å². The average Bonchev–Trinajstić information content (AvgIpc) is 3.11. The van der Waals surface area contributed by atoms with Crippen LogP contribution in [0.25, 0.3) is 17.0 Å². The molecule has 1 aliphatic rings. The van der Waals surface area contributed by atoms with E-state index in [1.165, 1.54) is 18.2 Å². The van der Waals surface area contributed by atoms with Gasteiger partial charge in [-0.25, -0.2) is 13.6 Å². The molecule has 0 aliphatic carbocycles. The van der Waals surface area contributed by atoms with Gasteiger partial charge in [-0.2, -0.15) is 0 Å². The van der Waals surface area contributed by atoms with Crippen LogP contribution in [0, 0.1) is 11.6 Å². The fraction of sp³-hybridized carbons (Fsp3) is 0.269. The molecule has 4 nitrogen and oxygen atoms in total. The van der Waals surface area contributed by atoms with Crippen LogP contribution >= 0.6 is 0 Å². The minimum absolute atomic E-state index is 0.0181. The van der Waals surface area contributed by atoms with Crippen LogP contribution in [0.2, 0.25) is 0 Å². The molecule has 0 radical (unpaired) electrons. The van der Waals surface area contributed by atoms with Crippen molar-refractivity contribution in [3.8, 4) is 0 Å². The first-order valence-electron chi connectivity index (χ1n) is 10.8. The molecule has 2 aromatic carbocycles. The van der Waals surface area contributed by atoms with Crippen LogP contribution in [-0.4, -0.2) is 33.5 Å². The van der Waals surface area contributed by atoms with Crippen molar-refractivity contribution in [2.75, 3.05) is 6.54 Å². The molecule has 3 aromatic rings. The normalized spacial score (nSPS) is 18.8. The second kappa shape index (κ2) is 9.09. The highest BCUT2D eigenvalue weighted by atomic mass is 19.1. The van der Waals surface area contributed by atoms with Gasteiger partial charge in [0, 0.05) is 34.3 Å². The molecule has 0 bridgehead atoms. The third-order valence-electron chi connectivity index (χ3n) is 6.14.